The summed E-state index contributed by atoms with van der Waals surface area (Å²) in [5, 5.41) is 13.1. The van der Waals surface area contributed by atoms with E-state index >= 15 is 0 Å². The topological polar surface area (TPSA) is 109 Å². The van der Waals surface area contributed by atoms with Gasteiger partial charge >= 0.3 is 5.97 Å². The van der Waals surface area contributed by atoms with Gasteiger partial charge in [-0.05, 0) is 55.9 Å². The zero-order valence-electron chi connectivity index (χ0n) is 15.1. The van der Waals surface area contributed by atoms with Crippen LogP contribution in [-0.2, 0) is 22.4 Å². The summed E-state index contributed by atoms with van der Waals surface area (Å²) < 4.78 is 0. The Hall–Kier alpha value is -2.15. The molecule has 0 aliphatic heterocycles. The molecule has 4 atom stereocenters. The SMILES string of the molecule is NC(=O)c1c(NC(=O)[C@@H]2[C@H](C(=O)O)[C@H]3C=C[C@H]2CC3)sc2c1CCCCC2. The second-order valence-corrected chi connectivity index (χ2v) is 8.91. The molecule has 1 heterocycles. The predicted octanol–water partition coefficient (Wildman–Crippen LogP) is 2.97. The van der Waals surface area contributed by atoms with E-state index in [0.717, 1.165) is 55.4 Å². The van der Waals surface area contributed by atoms with E-state index in [-0.39, 0.29) is 17.7 Å². The first-order valence-corrected chi connectivity index (χ1v) is 10.5. The van der Waals surface area contributed by atoms with Gasteiger partial charge in [0.25, 0.3) is 5.91 Å². The van der Waals surface area contributed by atoms with Crippen molar-refractivity contribution in [3.63, 3.8) is 0 Å². The molecule has 5 rings (SSSR count). The van der Waals surface area contributed by atoms with Gasteiger partial charge in [-0.15, -0.1) is 11.3 Å². The Morgan fingerprint density at radius 1 is 1.04 bits per heavy atom. The Morgan fingerprint density at radius 2 is 1.70 bits per heavy atom. The zero-order chi connectivity index (χ0) is 19.1. The Bertz CT molecular complexity index is 828. The lowest BCUT2D eigenvalue weighted by Gasteiger charge is -2.41. The molecule has 0 unspecified atom stereocenters. The highest BCUT2D eigenvalue weighted by molar-refractivity contribution is 7.17. The van der Waals surface area contributed by atoms with E-state index in [1.165, 1.54) is 11.3 Å². The fourth-order valence-corrected chi connectivity index (χ4v) is 6.27. The molecule has 4 aliphatic carbocycles. The van der Waals surface area contributed by atoms with E-state index in [2.05, 4.69) is 5.32 Å². The molecule has 6 nitrogen and oxygen atoms in total. The lowest BCUT2D eigenvalue weighted by Crippen LogP contribution is -2.47. The van der Waals surface area contributed by atoms with Gasteiger partial charge in [-0.2, -0.15) is 0 Å². The van der Waals surface area contributed by atoms with Crippen LogP contribution in [-0.4, -0.2) is 22.9 Å². The Morgan fingerprint density at radius 3 is 2.33 bits per heavy atom. The lowest BCUT2D eigenvalue weighted by atomic mass is 9.62. The summed E-state index contributed by atoms with van der Waals surface area (Å²) in [6.07, 6.45) is 10.5. The van der Waals surface area contributed by atoms with Gasteiger partial charge in [0.15, 0.2) is 0 Å². The average Bonchev–Trinajstić information content (AvgIpc) is 2.82. The van der Waals surface area contributed by atoms with Crippen LogP contribution in [0.3, 0.4) is 0 Å². The molecule has 4 aliphatic rings. The number of thiophene rings is 1. The summed E-state index contributed by atoms with van der Waals surface area (Å²) in [7, 11) is 0. The summed E-state index contributed by atoms with van der Waals surface area (Å²) >= 11 is 1.43. The first-order chi connectivity index (χ1) is 13.0. The molecule has 2 bridgehead atoms. The number of aryl methyl sites for hydroxylation is 1. The summed E-state index contributed by atoms with van der Waals surface area (Å²) in [5.74, 6) is -3.22. The molecular formula is C20H24N2O4S. The molecule has 0 radical (unpaired) electrons. The predicted molar refractivity (Wildman–Crippen MR) is 103 cm³/mol. The van der Waals surface area contributed by atoms with Crippen molar-refractivity contribution in [2.45, 2.75) is 44.9 Å². The smallest absolute Gasteiger partial charge is 0.307 e. The highest BCUT2D eigenvalue weighted by Crippen LogP contribution is 2.46. The average molecular weight is 388 g/mol. The van der Waals surface area contributed by atoms with Crippen LogP contribution in [0, 0.1) is 23.7 Å². The fraction of sp³-hybridized carbons (Fsp3) is 0.550. The maximum absolute atomic E-state index is 13.1. The van der Waals surface area contributed by atoms with E-state index in [9.17, 15) is 19.5 Å². The van der Waals surface area contributed by atoms with Crippen molar-refractivity contribution in [1.82, 2.24) is 0 Å². The molecule has 4 N–H and O–H groups in total. The maximum Gasteiger partial charge on any atom is 0.307 e. The van der Waals surface area contributed by atoms with E-state index in [4.69, 9.17) is 5.73 Å². The van der Waals surface area contributed by atoms with Gasteiger partial charge in [-0.25, -0.2) is 0 Å². The molecule has 0 spiro atoms. The van der Waals surface area contributed by atoms with Crippen molar-refractivity contribution in [3.05, 3.63) is 28.2 Å². The molecule has 0 aromatic carbocycles. The number of aliphatic carboxylic acids is 1. The fourth-order valence-electron chi connectivity index (χ4n) is 4.97. The van der Waals surface area contributed by atoms with Crippen molar-refractivity contribution in [3.8, 4) is 0 Å². The first kappa shape index (κ1) is 18.2. The van der Waals surface area contributed by atoms with Crippen molar-refractivity contribution in [2.24, 2.45) is 29.4 Å². The number of carboxylic acids is 1. The van der Waals surface area contributed by atoms with E-state index < -0.39 is 23.7 Å². The van der Waals surface area contributed by atoms with Crippen molar-refractivity contribution in [1.29, 1.82) is 0 Å². The molecule has 27 heavy (non-hydrogen) atoms. The molecule has 7 heteroatoms. The summed E-state index contributed by atoms with van der Waals surface area (Å²) in [5.41, 5.74) is 7.03. The summed E-state index contributed by atoms with van der Waals surface area (Å²) in [4.78, 5) is 38.1. The first-order valence-electron chi connectivity index (χ1n) is 9.63. The number of allylic oxidation sites excluding steroid dienone is 2. The number of hydrogen-bond donors (Lipinski definition) is 3. The van der Waals surface area contributed by atoms with Gasteiger partial charge in [-0.3, -0.25) is 14.4 Å². The number of fused-ring (bicyclic) bond motifs is 3. The number of rotatable bonds is 4. The monoisotopic (exact) mass is 388 g/mol. The minimum Gasteiger partial charge on any atom is -0.481 e. The number of carbonyl (C=O) groups excluding carboxylic acids is 2. The minimum absolute atomic E-state index is 0.0640. The summed E-state index contributed by atoms with van der Waals surface area (Å²) in [6.45, 7) is 0. The third-order valence-corrected chi connectivity index (χ3v) is 7.45. The largest absolute Gasteiger partial charge is 0.481 e. The number of carbonyl (C=O) groups is 3. The Kier molecular flexibility index (Phi) is 4.80. The molecule has 0 saturated heterocycles. The molecule has 144 valence electrons. The standard InChI is InChI=1S/C20H24N2O4S/c21-17(23)16-12-4-2-1-3-5-13(12)27-19(16)22-18(24)14-10-6-8-11(9-7-10)15(14)20(25)26/h6,8,10-11,14-15H,1-5,7,9H2,(H2,21,23)(H,22,24)(H,25,26)/t10-,11-,14-,15+/m0/s1. The summed E-state index contributed by atoms with van der Waals surface area (Å²) in [6, 6.07) is 0. The van der Waals surface area contributed by atoms with Crippen LogP contribution in [0.2, 0.25) is 0 Å². The van der Waals surface area contributed by atoms with E-state index in [1.807, 2.05) is 12.2 Å². The number of carboxylic acid groups (broad SMARTS) is 1. The van der Waals surface area contributed by atoms with Crippen LogP contribution in [0.25, 0.3) is 0 Å². The van der Waals surface area contributed by atoms with Gasteiger partial charge < -0.3 is 16.2 Å². The van der Waals surface area contributed by atoms with Crippen LogP contribution >= 0.6 is 11.3 Å². The molecule has 1 aromatic heterocycles. The highest BCUT2D eigenvalue weighted by atomic mass is 32.1. The number of primary amides is 1. The van der Waals surface area contributed by atoms with Crippen molar-refractivity contribution < 1.29 is 19.5 Å². The Labute approximate surface area is 161 Å². The molecule has 1 aromatic rings. The number of nitrogens with two attached hydrogens (primary N) is 1. The molecule has 1 saturated carbocycles. The minimum atomic E-state index is -0.925. The van der Waals surface area contributed by atoms with Gasteiger partial charge in [-0.1, -0.05) is 18.6 Å². The van der Waals surface area contributed by atoms with Crippen molar-refractivity contribution >= 4 is 34.1 Å². The van der Waals surface area contributed by atoms with Crippen LogP contribution < -0.4 is 11.1 Å². The Balaban J connectivity index is 1.64. The highest BCUT2D eigenvalue weighted by Gasteiger charge is 2.48. The van der Waals surface area contributed by atoms with E-state index in [1.54, 1.807) is 0 Å². The number of amides is 2. The van der Waals surface area contributed by atoms with Crippen LogP contribution in [0.4, 0.5) is 5.00 Å². The quantitative estimate of drug-likeness (QED) is 0.544. The van der Waals surface area contributed by atoms with Crippen LogP contribution in [0.5, 0.6) is 0 Å². The van der Waals surface area contributed by atoms with Gasteiger partial charge in [0.1, 0.15) is 5.00 Å². The molecule has 2 amide bonds. The third-order valence-electron chi connectivity index (χ3n) is 6.24. The number of anilines is 1. The molecule has 1 fully saturated rings. The van der Waals surface area contributed by atoms with Crippen LogP contribution in [0.15, 0.2) is 12.2 Å². The second kappa shape index (κ2) is 7.11. The maximum atomic E-state index is 13.1. The zero-order valence-corrected chi connectivity index (χ0v) is 15.9. The van der Waals surface area contributed by atoms with Gasteiger partial charge in [0, 0.05) is 4.88 Å². The third kappa shape index (κ3) is 3.18. The van der Waals surface area contributed by atoms with Gasteiger partial charge in [0.05, 0.1) is 17.4 Å². The normalized spacial score (nSPS) is 29.0. The second-order valence-electron chi connectivity index (χ2n) is 7.80. The van der Waals surface area contributed by atoms with Gasteiger partial charge in [0.2, 0.25) is 5.91 Å². The molecular weight excluding hydrogens is 364 g/mol. The van der Waals surface area contributed by atoms with E-state index in [0.29, 0.717) is 10.6 Å². The number of nitrogens with one attached hydrogen (secondary N) is 1. The number of hydrogen-bond acceptors (Lipinski definition) is 4. The van der Waals surface area contributed by atoms with Crippen LogP contribution in [0.1, 0.15) is 52.9 Å². The lowest BCUT2D eigenvalue weighted by molar-refractivity contribution is -0.151. The van der Waals surface area contributed by atoms with Crippen molar-refractivity contribution in [2.75, 3.05) is 5.32 Å².